The zero-order valence-electron chi connectivity index (χ0n) is 22.0. The molecule has 0 aliphatic carbocycles. The van der Waals surface area contributed by atoms with Gasteiger partial charge in [0.2, 0.25) is 0 Å². The first-order valence-electron chi connectivity index (χ1n) is 13.0. The van der Waals surface area contributed by atoms with Crippen molar-refractivity contribution >= 4 is 39.7 Å². The number of ether oxygens (including phenoxy) is 1. The summed E-state index contributed by atoms with van der Waals surface area (Å²) >= 11 is 0. The largest absolute Gasteiger partial charge is 0.379 e. The number of carbonyl (C=O) groups is 1. The average Bonchev–Trinajstić information content (AvgIpc) is 3.70. The summed E-state index contributed by atoms with van der Waals surface area (Å²) in [5, 5.41) is 15.5. The molecular formula is C28H27N9O3. The molecule has 6 heterocycles. The second-order valence-corrected chi connectivity index (χ2v) is 10.1. The van der Waals surface area contributed by atoms with Crippen molar-refractivity contribution < 1.29 is 9.53 Å². The van der Waals surface area contributed by atoms with Gasteiger partial charge in [-0.1, -0.05) is 12.1 Å². The molecule has 1 amide bonds. The second-order valence-electron chi connectivity index (χ2n) is 10.1. The second kappa shape index (κ2) is 9.35. The maximum atomic E-state index is 12.9. The molecule has 0 radical (unpaired) electrons. The Labute approximate surface area is 228 Å². The molecule has 1 fully saturated rings. The number of H-pyrrole nitrogens is 1. The Bertz CT molecular complexity index is 1830. The summed E-state index contributed by atoms with van der Waals surface area (Å²) < 4.78 is 9.27. The highest BCUT2D eigenvalue weighted by molar-refractivity contribution is 6.05. The Morgan fingerprint density at radius 2 is 2.02 bits per heavy atom. The Kier molecular flexibility index (Phi) is 5.63. The molecule has 0 saturated carbocycles. The van der Waals surface area contributed by atoms with E-state index in [4.69, 9.17) is 9.84 Å². The van der Waals surface area contributed by atoms with Crippen molar-refractivity contribution in [1.29, 1.82) is 0 Å². The lowest BCUT2D eigenvalue weighted by atomic mass is 9.97. The first-order valence-corrected chi connectivity index (χ1v) is 13.0. The van der Waals surface area contributed by atoms with Gasteiger partial charge in [0.05, 0.1) is 70.8 Å². The molecule has 2 aliphatic heterocycles. The van der Waals surface area contributed by atoms with E-state index in [1.807, 2.05) is 25.4 Å². The van der Waals surface area contributed by atoms with Crippen molar-refractivity contribution in [2.75, 3.05) is 35.8 Å². The lowest BCUT2D eigenvalue weighted by Gasteiger charge is -2.31. The lowest BCUT2D eigenvalue weighted by molar-refractivity contribution is 0.102. The summed E-state index contributed by atoms with van der Waals surface area (Å²) in [6, 6.07) is 9.68. The Hall–Kier alpha value is -4.97. The van der Waals surface area contributed by atoms with Crippen LogP contribution < -0.4 is 21.1 Å². The number of pyridine rings is 2. The molecule has 3 N–H and O–H groups in total. The van der Waals surface area contributed by atoms with Crippen molar-refractivity contribution in [1.82, 2.24) is 29.5 Å². The molecule has 4 aromatic heterocycles. The van der Waals surface area contributed by atoms with Crippen LogP contribution in [-0.2, 0) is 18.3 Å². The Morgan fingerprint density at radius 1 is 1.12 bits per heavy atom. The van der Waals surface area contributed by atoms with E-state index in [0.717, 1.165) is 41.2 Å². The van der Waals surface area contributed by atoms with Gasteiger partial charge in [-0.2, -0.15) is 10.2 Å². The van der Waals surface area contributed by atoms with Crippen molar-refractivity contribution in [3.05, 3.63) is 76.7 Å². The third-order valence-electron chi connectivity index (χ3n) is 7.45. The number of carbonyl (C=O) groups excluding carboxylic acids is 1. The zero-order valence-corrected chi connectivity index (χ0v) is 22.0. The number of para-hydroxylation sites is 1. The number of benzene rings is 1. The molecule has 202 valence electrons. The topological polar surface area (TPSA) is 135 Å². The summed E-state index contributed by atoms with van der Waals surface area (Å²) in [4.78, 5) is 35.2. The van der Waals surface area contributed by atoms with E-state index in [9.17, 15) is 9.59 Å². The van der Waals surface area contributed by atoms with Gasteiger partial charge in [-0.15, -0.1) is 0 Å². The Balaban J connectivity index is 1.29. The number of rotatable bonds is 5. The molecule has 12 nitrogen and oxygen atoms in total. The standard InChI is InChI=1S/C28H27N9O3/c1-35-14-23-19(12-31-37(23)17-7-9-40-15-17)18-4-3-5-21(26(18)35)32-22-10-24(33-20-6-8-29-28(39)25(20)22)34-27(38)16-11-30-36(2)13-16/h3-6,8,10-13,17H,7,9,14-15H2,1-2H3,(H,29,39)(H2,32,33,34,38). The highest BCUT2D eigenvalue weighted by Crippen LogP contribution is 2.45. The highest BCUT2D eigenvalue weighted by Gasteiger charge is 2.30. The first kappa shape index (κ1) is 24.1. The van der Waals surface area contributed by atoms with Gasteiger partial charge in [0.15, 0.2) is 0 Å². The number of hydrogen-bond donors (Lipinski definition) is 3. The van der Waals surface area contributed by atoms with E-state index in [-0.39, 0.29) is 17.5 Å². The van der Waals surface area contributed by atoms with E-state index in [2.05, 4.69) is 41.3 Å². The summed E-state index contributed by atoms with van der Waals surface area (Å²) in [6.07, 6.45) is 7.54. The maximum absolute atomic E-state index is 12.9. The van der Waals surface area contributed by atoms with Crippen LogP contribution in [0.25, 0.3) is 22.0 Å². The molecule has 2 aliphatic rings. The van der Waals surface area contributed by atoms with Gasteiger partial charge in [0, 0.05) is 50.3 Å². The fraction of sp³-hybridized carbons (Fsp3) is 0.250. The van der Waals surface area contributed by atoms with Gasteiger partial charge in [-0.3, -0.25) is 19.0 Å². The van der Waals surface area contributed by atoms with Gasteiger partial charge in [0.1, 0.15) is 5.82 Å². The molecule has 5 aromatic rings. The minimum atomic E-state index is -0.343. The molecule has 1 atom stereocenters. The van der Waals surface area contributed by atoms with Crippen LogP contribution in [0, 0.1) is 0 Å². The minimum absolute atomic E-state index is 0.246. The number of aromatic amines is 1. The van der Waals surface area contributed by atoms with Crippen molar-refractivity contribution in [3.8, 4) is 11.1 Å². The smallest absolute Gasteiger partial charge is 0.260 e. The number of nitrogens with zero attached hydrogens (tertiary/aromatic N) is 6. The molecule has 0 spiro atoms. The monoisotopic (exact) mass is 537 g/mol. The van der Waals surface area contributed by atoms with E-state index < -0.39 is 0 Å². The molecule has 1 aromatic carbocycles. The highest BCUT2D eigenvalue weighted by atomic mass is 16.5. The van der Waals surface area contributed by atoms with Gasteiger partial charge in [0.25, 0.3) is 11.5 Å². The van der Waals surface area contributed by atoms with Crippen LogP contribution in [0.1, 0.15) is 28.5 Å². The van der Waals surface area contributed by atoms with Crippen molar-refractivity contribution in [2.24, 2.45) is 7.05 Å². The van der Waals surface area contributed by atoms with Crippen LogP contribution in [0.5, 0.6) is 0 Å². The number of aromatic nitrogens is 6. The number of nitrogens with one attached hydrogen (secondary N) is 3. The van der Waals surface area contributed by atoms with Crippen LogP contribution in [0.2, 0.25) is 0 Å². The van der Waals surface area contributed by atoms with Crippen LogP contribution in [0.3, 0.4) is 0 Å². The molecule has 1 unspecified atom stereocenters. The number of anilines is 4. The summed E-state index contributed by atoms with van der Waals surface area (Å²) in [5.41, 5.74) is 6.23. The predicted octanol–water partition coefficient (Wildman–Crippen LogP) is 3.43. The molecule has 40 heavy (non-hydrogen) atoms. The molecule has 1 saturated heterocycles. The van der Waals surface area contributed by atoms with E-state index in [0.29, 0.717) is 41.1 Å². The van der Waals surface area contributed by atoms with Crippen LogP contribution in [0.15, 0.2) is 59.9 Å². The van der Waals surface area contributed by atoms with Crippen LogP contribution >= 0.6 is 0 Å². The summed E-state index contributed by atoms with van der Waals surface area (Å²) in [5.74, 6) is -0.0280. The van der Waals surface area contributed by atoms with Crippen LogP contribution in [0.4, 0.5) is 22.9 Å². The first-order chi connectivity index (χ1) is 19.5. The van der Waals surface area contributed by atoms with Gasteiger partial charge >= 0.3 is 0 Å². The molecule has 12 heteroatoms. The van der Waals surface area contributed by atoms with Gasteiger partial charge < -0.3 is 25.3 Å². The third-order valence-corrected chi connectivity index (χ3v) is 7.45. The van der Waals surface area contributed by atoms with Crippen LogP contribution in [-0.4, -0.2) is 55.7 Å². The number of aryl methyl sites for hydroxylation is 1. The van der Waals surface area contributed by atoms with Gasteiger partial charge in [-0.05, 0) is 18.6 Å². The molecule has 7 rings (SSSR count). The maximum Gasteiger partial charge on any atom is 0.260 e. The lowest BCUT2D eigenvalue weighted by Crippen LogP contribution is -2.26. The number of hydrogen-bond acceptors (Lipinski definition) is 8. The summed E-state index contributed by atoms with van der Waals surface area (Å²) in [7, 11) is 3.79. The molecule has 0 bridgehead atoms. The van der Waals surface area contributed by atoms with E-state index >= 15 is 0 Å². The summed E-state index contributed by atoms with van der Waals surface area (Å²) in [6.45, 7) is 2.11. The van der Waals surface area contributed by atoms with E-state index in [1.165, 1.54) is 6.20 Å². The third kappa shape index (κ3) is 4.00. The fourth-order valence-corrected chi connectivity index (χ4v) is 5.60. The van der Waals surface area contributed by atoms with Crippen molar-refractivity contribution in [2.45, 2.75) is 19.0 Å². The fourth-order valence-electron chi connectivity index (χ4n) is 5.60. The number of fused-ring (bicyclic) bond motifs is 4. The number of amides is 1. The average molecular weight is 538 g/mol. The zero-order chi connectivity index (χ0) is 27.4. The quantitative estimate of drug-likeness (QED) is 0.310. The Morgan fingerprint density at radius 3 is 2.83 bits per heavy atom. The molecular weight excluding hydrogens is 510 g/mol. The normalized spacial score (nSPS) is 16.1. The van der Waals surface area contributed by atoms with E-state index in [1.54, 1.807) is 36.3 Å². The van der Waals surface area contributed by atoms with Crippen molar-refractivity contribution in [3.63, 3.8) is 0 Å². The minimum Gasteiger partial charge on any atom is -0.379 e. The predicted molar refractivity (Wildman–Crippen MR) is 151 cm³/mol. The SMILES string of the molecule is CN1Cc2c(cnn2C2CCOC2)-c2cccc(Nc3cc(NC(=O)c4cnn(C)c4)nc4cc[nH]c(=O)c34)c21. The van der Waals surface area contributed by atoms with Gasteiger partial charge in [-0.25, -0.2) is 4.98 Å².